The van der Waals surface area contributed by atoms with Crippen LogP contribution in [0.4, 0.5) is 0 Å². The van der Waals surface area contributed by atoms with Crippen LogP contribution in [0.5, 0.6) is 0 Å². The van der Waals surface area contributed by atoms with Crippen molar-refractivity contribution in [3.63, 3.8) is 0 Å². The van der Waals surface area contributed by atoms with Crippen molar-refractivity contribution in [2.24, 2.45) is 11.8 Å². The number of hydrogen-bond acceptors (Lipinski definition) is 1. The maximum atomic E-state index is 5.07. The smallest absolute Gasteiger partial charge is 0.0819 e. The monoisotopic (exact) mass is 152 g/mol. The second-order valence-corrected chi connectivity index (χ2v) is 3.85. The van der Waals surface area contributed by atoms with Gasteiger partial charge in [-0.25, -0.2) is 0 Å². The first-order chi connectivity index (χ1) is 5.40. The van der Waals surface area contributed by atoms with Crippen molar-refractivity contribution in [1.82, 2.24) is 0 Å². The van der Waals surface area contributed by atoms with E-state index in [0.29, 0.717) is 0 Å². The van der Waals surface area contributed by atoms with Crippen LogP contribution in [-0.2, 0) is 4.74 Å². The third-order valence-electron chi connectivity index (χ3n) is 3.16. The fourth-order valence-electron chi connectivity index (χ4n) is 2.53. The van der Waals surface area contributed by atoms with E-state index in [1.165, 1.54) is 32.1 Å². The molecule has 0 unspecified atom stereocenters. The standard InChI is InChI=1S/C10H16O/c1-11-7-10-6-8-2-4-9(10)5-3-8/h7-9H,2-6H2,1H3. The molecule has 3 rings (SSSR count). The fourth-order valence-corrected chi connectivity index (χ4v) is 2.53. The molecule has 0 aromatic heterocycles. The summed E-state index contributed by atoms with van der Waals surface area (Å²) in [6.45, 7) is 0. The molecule has 0 aromatic carbocycles. The Morgan fingerprint density at radius 1 is 1.27 bits per heavy atom. The molecule has 11 heavy (non-hydrogen) atoms. The topological polar surface area (TPSA) is 9.23 Å². The number of fused-ring (bicyclic) bond motifs is 3. The maximum absolute atomic E-state index is 5.07. The molecule has 0 amide bonds. The van der Waals surface area contributed by atoms with Gasteiger partial charge in [-0.15, -0.1) is 0 Å². The zero-order valence-electron chi connectivity index (χ0n) is 7.18. The zero-order valence-corrected chi connectivity index (χ0v) is 7.18. The lowest BCUT2D eigenvalue weighted by Gasteiger charge is -2.37. The van der Waals surface area contributed by atoms with Crippen LogP contribution < -0.4 is 0 Å². The van der Waals surface area contributed by atoms with Gasteiger partial charge in [0.2, 0.25) is 0 Å². The fraction of sp³-hybridized carbons (Fsp3) is 0.800. The molecule has 0 aliphatic heterocycles. The summed E-state index contributed by atoms with van der Waals surface area (Å²) < 4.78 is 5.07. The molecule has 3 saturated carbocycles. The van der Waals surface area contributed by atoms with Crippen LogP contribution in [0.3, 0.4) is 0 Å². The lowest BCUT2D eigenvalue weighted by atomic mass is 9.68. The molecule has 3 fully saturated rings. The first kappa shape index (κ1) is 7.20. The third-order valence-corrected chi connectivity index (χ3v) is 3.16. The minimum atomic E-state index is 0.875. The Balaban J connectivity index is 2.08. The van der Waals surface area contributed by atoms with Crippen LogP contribution in [-0.4, -0.2) is 7.11 Å². The van der Waals surface area contributed by atoms with Crippen molar-refractivity contribution in [2.45, 2.75) is 32.1 Å². The van der Waals surface area contributed by atoms with Crippen molar-refractivity contribution in [2.75, 3.05) is 7.11 Å². The van der Waals surface area contributed by atoms with Crippen molar-refractivity contribution in [3.8, 4) is 0 Å². The molecule has 0 heterocycles. The molecule has 3 aliphatic rings. The molecule has 0 N–H and O–H groups in total. The molecule has 1 heteroatoms. The van der Waals surface area contributed by atoms with Gasteiger partial charge < -0.3 is 4.74 Å². The van der Waals surface area contributed by atoms with Gasteiger partial charge >= 0.3 is 0 Å². The molecule has 0 radical (unpaired) electrons. The summed E-state index contributed by atoms with van der Waals surface area (Å²) >= 11 is 0. The molecule has 0 atom stereocenters. The van der Waals surface area contributed by atoms with Gasteiger partial charge in [-0.1, -0.05) is 0 Å². The predicted molar refractivity (Wildman–Crippen MR) is 45.2 cm³/mol. The van der Waals surface area contributed by atoms with Crippen LogP contribution in [0.2, 0.25) is 0 Å². The molecular formula is C10H16O. The average Bonchev–Trinajstić information content (AvgIpc) is 2.07. The molecule has 3 aliphatic carbocycles. The summed E-state index contributed by atoms with van der Waals surface area (Å²) in [5.74, 6) is 1.86. The van der Waals surface area contributed by atoms with E-state index in [9.17, 15) is 0 Å². The maximum Gasteiger partial charge on any atom is 0.0819 e. The minimum Gasteiger partial charge on any atom is -0.504 e. The lowest BCUT2D eigenvalue weighted by molar-refractivity contribution is 0.223. The Bertz CT molecular complexity index is 164. The van der Waals surface area contributed by atoms with E-state index in [1.807, 2.05) is 6.26 Å². The van der Waals surface area contributed by atoms with Crippen molar-refractivity contribution in [3.05, 3.63) is 11.8 Å². The van der Waals surface area contributed by atoms with E-state index in [4.69, 9.17) is 4.74 Å². The average molecular weight is 152 g/mol. The molecular weight excluding hydrogens is 136 g/mol. The molecule has 0 saturated heterocycles. The Hall–Kier alpha value is -0.460. The van der Waals surface area contributed by atoms with Gasteiger partial charge in [0.1, 0.15) is 0 Å². The SMILES string of the molecule is COC=C1CC2CCC1CC2. The normalized spacial score (nSPS) is 39.5. The van der Waals surface area contributed by atoms with Crippen LogP contribution in [0.15, 0.2) is 11.8 Å². The van der Waals surface area contributed by atoms with Gasteiger partial charge in [0.25, 0.3) is 0 Å². The highest BCUT2D eigenvalue weighted by Crippen LogP contribution is 2.44. The van der Waals surface area contributed by atoms with E-state index >= 15 is 0 Å². The number of rotatable bonds is 1. The highest BCUT2D eigenvalue weighted by molar-refractivity contribution is 5.11. The molecule has 0 spiro atoms. The van der Waals surface area contributed by atoms with Crippen molar-refractivity contribution < 1.29 is 4.74 Å². The van der Waals surface area contributed by atoms with E-state index in [0.717, 1.165) is 11.8 Å². The first-order valence-electron chi connectivity index (χ1n) is 4.62. The summed E-state index contributed by atoms with van der Waals surface area (Å²) in [6, 6.07) is 0. The predicted octanol–water partition coefficient (Wildman–Crippen LogP) is 2.73. The minimum absolute atomic E-state index is 0.875. The second kappa shape index (κ2) is 2.88. The third kappa shape index (κ3) is 1.29. The molecule has 2 bridgehead atoms. The summed E-state index contributed by atoms with van der Waals surface area (Å²) in [5.41, 5.74) is 1.58. The number of hydrogen-bond donors (Lipinski definition) is 0. The molecule has 0 aromatic rings. The Morgan fingerprint density at radius 2 is 2.00 bits per heavy atom. The molecule has 1 nitrogen and oxygen atoms in total. The highest BCUT2D eigenvalue weighted by Gasteiger charge is 2.31. The summed E-state index contributed by atoms with van der Waals surface area (Å²) in [5, 5.41) is 0. The quantitative estimate of drug-likeness (QED) is 0.525. The largest absolute Gasteiger partial charge is 0.504 e. The van der Waals surface area contributed by atoms with Gasteiger partial charge in [-0.3, -0.25) is 0 Å². The Morgan fingerprint density at radius 3 is 2.45 bits per heavy atom. The van der Waals surface area contributed by atoms with Crippen molar-refractivity contribution in [1.29, 1.82) is 0 Å². The van der Waals surface area contributed by atoms with E-state index in [2.05, 4.69) is 0 Å². The van der Waals surface area contributed by atoms with Crippen LogP contribution >= 0.6 is 0 Å². The Labute approximate surface area is 68.4 Å². The van der Waals surface area contributed by atoms with E-state index < -0.39 is 0 Å². The van der Waals surface area contributed by atoms with Gasteiger partial charge in [0, 0.05) is 0 Å². The highest BCUT2D eigenvalue weighted by atomic mass is 16.5. The summed E-state index contributed by atoms with van der Waals surface area (Å²) in [6.07, 6.45) is 9.06. The summed E-state index contributed by atoms with van der Waals surface area (Å²) in [4.78, 5) is 0. The van der Waals surface area contributed by atoms with E-state index in [-0.39, 0.29) is 0 Å². The lowest BCUT2D eigenvalue weighted by Crippen LogP contribution is -2.24. The molecule has 62 valence electrons. The van der Waals surface area contributed by atoms with Gasteiger partial charge in [-0.2, -0.15) is 0 Å². The van der Waals surface area contributed by atoms with Crippen LogP contribution in [0.1, 0.15) is 32.1 Å². The number of ether oxygens (including phenoxy) is 1. The number of methoxy groups -OCH3 is 1. The van der Waals surface area contributed by atoms with Crippen LogP contribution in [0.25, 0.3) is 0 Å². The summed E-state index contributed by atoms with van der Waals surface area (Å²) in [7, 11) is 1.76. The second-order valence-electron chi connectivity index (χ2n) is 3.85. The van der Waals surface area contributed by atoms with E-state index in [1.54, 1.807) is 12.7 Å². The van der Waals surface area contributed by atoms with Crippen molar-refractivity contribution >= 4 is 0 Å². The Kier molecular flexibility index (Phi) is 1.89. The van der Waals surface area contributed by atoms with Gasteiger partial charge in [-0.05, 0) is 49.5 Å². The first-order valence-corrected chi connectivity index (χ1v) is 4.62. The van der Waals surface area contributed by atoms with Gasteiger partial charge in [0.05, 0.1) is 13.4 Å². The number of allylic oxidation sites excluding steroid dienone is 1. The van der Waals surface area contributed by atoms with Crippen LogP contribution in [0, 0.1) is 11.8 Å². The zero-order chi connectivity index (χ0) is 7.68. The van der Waals surface area contributed by atoms with Gasteiger partial charge in [0.15, 0.2) is 0 Å².